The van der Waals surface area contributed by atoms with Crippen molar-refractivity contribution in [3.63, 3.8) is 0 Å². The summed E-state index contributed by atoms with van der Waals surface area (Å²) in [5, 5.41) is 11.1. The van der Waals surface area contributed by atoms with Gasteiger partial charge in [0.2, 0.25) is 0 Å². The van der Waals surface area contributed by atoms with Gasteiger partial charge < -0.3 is 9.05 Å². The molecule has 8 heteroatoms. The lowest BCUT2D eigenvalue weighted by molar-refractivity contribution is -0.384. The number of non-ortho nitro benzene ring substituents is 1. The third-order valence-corrected chi connectivity index (χ3v) is 6.87. The van der Waals surface area contributed by atoms with Crippen molar-refractivity contribution in [1.29, 1.82) is 0 Å². The van der Waals surface area contributed by atoms with E-state index in [4.69, 9.17) is 9.05 Å². The minimum atomic E-state index is -4.15. The number of hydrogen-bond donors (Lipinski definition) is 0. The van der Waals surface area contributed by atoms with Gasteiger partial charge in [-0.15, -0.1) is 0 Å². The van der Waals surface area contributed by atoms with Gasteiger partial charge in [0.1, 0.15) is 17.2 Å². The van der Waals surface area contributed by atoms with Crippen LogP contribution in [0.2, 0.25) is 0 Å². The Balaban J connectivity index is 2.14. The Labute approximate surface area is 186 Å². The molecule has 0 aliphatic heterocycles. The summed E-state index contributed by atoms with van der Waals surface area (Å²) in [6, 6.07) is 22.4. The molecule has 0 bridgehead atoms. The molecule has 0 radical (unpaired) electrons. The van der Waals surface area contributed by atoms with Crippen LogP contribution in [0.25, 0.3) is 0 Å². The van der Waals surface area contributed by atoms with Gasteiger partial charge in [-0.25, -0.2) is 4.57 Å². The molecule has 1 unspecified atom stereocenters. The van der Waals surface area contributed by atoms with E-state index < -0.39 is 18.2 Å². The minimum Gasteiger partial charge on any atom is -0.415 e. The Morgan fingerprint density at radius 2 is 1.41 bits per heavy atom. The van der Waals surface area contributed by atoms with E-state index in [1.165, 1.54) is 24.3 Å². The second-order valence-corrected chi connectivity index (χ2v) is 8.86. The number of allylic oxidation sites excluding steroid dienone is 1. The first-order valence-corrected chi connectivity index (χ1v) is 11.5. The van der Waals surface area contributed by atoms with Crippen LogP contribution in [-0.2, 0) is 9.36 Å². The van der Waals surface area contributed by atoms with Crippen LogP contribution >= 0.6 is 7.60 Å². The van der Waals surface area contributed by atoms with Crippen molar-refractivity contribution >= 4 is 19.1 Å². The second kappa shape index (κ2) is 10.1. The molecule has 0 aliphatic carbocycles. The van der Waals surface area contributed by atoms with Crippen molar-refractivity contribution in [3.8, 4) is 11.5 Å². The van der Waals surface area contributed by atoms with Crippen LogP contribution < -0.4 is 9.05 Å². The van der Waals surface area contributed by atoms with Gasteiger partial charge in [0, 0.05) is 24.1 Å². The highest BCUT2D eigenvalue weighted by Gasteiger charge is 2.44. The lowest BCUT2D eigenvalue weighted by Gasteiger charge is -2.28. The van der Waals surface area contributed by atoms with Crippen LogP contribution in [0.1, 0.15) is 24.6 Å². The maximum absolute atomic E-state index is 14.3. The van der Waals surface area contributed by atoms with Crippen molar-refractivity contribution in [2.75, 3.05) is 0 Å². The molecule has 3 rings (SSSR count). The Morgan fingerprint density at radius 1 is 0.938 bits per heavy atom. The van der Waals surface area contributed by atoms with E-state index in [1.807, 2.05) is 0 Å². The maximum atomic E-state index is 14.3. The van der Waals surface area contributed by atoms with Gasteiger partial charge in [0.15, 0.2) is 5.78 Å². The van der Waals surface area contributed by atoms with E-state index in [-0.39, 0.29) is 35.0 Å². The molecule has 3 aromatic rings. The first-order chi connectivity index (χ1) is 15.3. The van der Waals surface area contributed by atoms with Gasteiger partial charge in [-0.3, -0.25) is 14.9 Å². The van der Waals surface area contributed by atoms with E-state index in [0.29, 0.717) is 5.56 Å². The highest BCUT2D eigenvalue weighted by molar-refractivity contribution is 7.55. The summed E-state index contributed by atoms with van der Waals surface area (Å²) in [5.41, 5.74) is -0.909. The lowest BCUT2D eigenvalue weighted by Crippen LogP contribution is -2.17. The molecule has 3 aromatic carbocycles. The Bertz CT molecular complexity index is 1100. The van der Waals surface area contributed by atoms with Crippen LogP contribution in [-0.4, -0.2) is 10.7 Å². The molecule has 0 saturated heterocycles. The lowest BCUT2D eigenvalue weighted by atomic mass is 10.0. The zero-order valence-electron chi connectivity index (χ0n) is 17.4. The van der Waals surface area contributed by atoms with Gasteiger partial charge in [-0.1, -0.05) is 62.0 Å². The van der Waals surface area contributed by atoms with Gasteiger partial charge in [-0.2, -0.15) is 0 Å². The number of ketones is 1. The van der Waals surface area contributed by atoms with Crippen molar-refractivity contribution in [2.45, 2.75) is 19.0 Å². The number of nitro groups is 1. The van der Waals surface area contributed by atoms with E-state index in [1.54, 1.807) is 67.6 Å². The fourth-order valence-electron chi connectivity index (χ4n) is 3.11. The quantitative estimate of drug-likeness (QED) is 0.151. The van der Waals surface area contributed by atoms with E-state index in [0.717, 1.165) is 0 Å². The molecule has 32 heavy (non-hydrogen) atoms. The van der Waals surface area contributed by atoms with Gasteiger partial charge >= 0.3 is 7.60 Å². The smallest absolute Gasteiger partial charge is 0.415 e. The number of carbonyl (C=O) groups is 1. The maximum Gasteiger partial charge on any atom is 0.442 e. The molecule has 0 N–H and O–H groups in total. The fourth-order valence-corrected chi connectivity index (χ4v) is 5.26. The summed E-state index contributed by atoms with van der Waals surface area (Å²) in [4.78, 5) is 23.2. The first kappa shape index (κ1) is 23.0. The van der Waals surface area contributed by atoms with E-state index >= 15 is 0 Å². The van der Waals surface area contributed by atoms with Crippen LogP contribution in [0.3, 0.4) is 0 Å². The Hall–Kier alpha value is -3.70. The molecule has 0 aromatic heterocycles. The molecular formula is C24H22NO6P. The summed E-state index contributed by atoms with van der Waals surface area (Å²) in [6.07, 6.45) is 0.138. The van der Waals surface area contributed by atoms with Crippen LogP contribution in [0.5, 0.6) is 11.5 Å². The highest BCUT2D eigenvalue weighted by Crippen LogP contribution is 2.63. The summed E-state index contributed by atoms with van der Waals surface area (Å²) in [5.74, 6) is 0.257. The fraction of sp³-hybridized carbons (Fsp3) is 0.125. The van der Waals surface area contributed by atoms with E-state index in [9.17, 15) is 19.5 Å². The highest BCUT2D eigenvalue weighted by atomic mass is 31.2. The molecule has 1 atom stereocenters. The molecule has 0 aliphatic rings. The first-order valence-electron chi connectivity index (χ1n) is 9.89. The molecular weight excluding hydrogens is 429 g/mol. The Morgan fingerprint density at radius 3 is 1.81 bits per heavy atom. The van der Waals surface area contributed by atoms with Gasteiger partial charge in [0.25, 0.3) is 5.69 Å². The molecule has 0 fully saturated rings. The third-order valence-electron chi connectivity index (χ3n) is 4.70. The predicted octanol–water partition coefficient (Wildman–Crippen LogP) is 6.52. The summed E-state index contributed by atoms with van der Waals surface area (Å²) >= 11 is 0. The number of nitrogens with zero attached hydrogens (tertiary/aromatic N) is 1. The number of nitro benzene ring substituents is 1. The normalized spacial score (nSPS) is 11.9. The van der Waals surface area contributed by atoms with Gasteiger partial charge in [-0.05, 0) is 29.8 Å². The SMILES string of the molecule is C=C(C(=O)CC)C(c1ccc([N+](=O)[O-])cc1)P(=O)(Oc1ccccc1)Oc1ccccc1. The molecule has 0 heterocycles. The van der Waals surface area contributed by atoms with Gasteiger partial charge in [0.05, 0.1) is 4.92 Å². The predicted molar refractivity (Wildman–Crippen MR) is 122 cm³/mol. The third kappa shape index (κ3) is 5.31. The summed E-state index contributed by atoms with van der Waals surface area (Å²) < 4.78 is 26.1. The van der Waals surface area contributed by atoms with Crippen molar-refractivity contribution in [3.05, 3.63) is 113 Å². The van der Waals surface area contributed by atoms with Crippen molar-refractivity contribution in [1.82, 2.24) is 0 Å². The van der Waals surface area contributed by atoms with E-state index in [2.05, 4.69) is 6.58 Å². The standard InChI is InChI=1S/C24H22NO6P/c1-3-23(26)18(2)24(19-14-16-20(17-15-19)25(27)28)32(29,30-21-10-6-4-7-11-21)31-22-12-8-5-9-13-22/h4-17,24H,2-3H2,1H3. The Kier molecular flexibility index (Phi) is 7.23. The average Bonchev–Trinajstić information content (AvgIpc) is 2.80. The average molecular weight is 451 g/mol. The molecule has 0 amide bonds. The number of Topliss-reactive ketones (excluding diaryl/α,β-unsaturated/α-hetero) is 1. The largest absolute Gasteiger partial charge is 0.442 e. The number of benzene rings is 3. The topological polar surface area (TPSA) is 95.7 Å². The molecule has 7 nitrogen and oxygen atoms in total. The molecule has 0 saturated carbocycles. The summed E-state index contributed by atoms with van der Waals surface area (Å²) in [6.45, 7) is 5.56. The van der Waals surface area contributed by atoms with Crippen LogP contribution in [0.4, 0.5) is 5.69 Å². The number of hydrogen-bond acceptors (Lipinski definition) is 6. The number of carbonyl (C=O) groups excluding carboxylic acids is 1. The zero-order valence-corrected chi connectivity index (χ0v) is 18.3. The molecule has 164 valence electrons. The van der Waals surface area contributed by atoms with Crippen LogP contribution in [0, 0.1) is 10.1 Å². The van der Waals surface area contributed by atoms with Crippen LogP contribution in [0.15, 0.2) is 97.1 Å². The zero-order chi connectivity index (χ0) is 23.1. The van der Waals surface area contributed by atoms with Crippen molar-refractivity contribution in [2.24, 2.45) is 0 Å². The monoisotopic (exact) mass is 451 g/mol. The summed E-state index contributed by atoms with van der Waals surface area (Å²) in [7, 11) is -4.15. The minimum absolute atomic E-state index is 0.0385. The molecule has 0 spiro atoms. The number of rotatable bonds is 10. The second-order valence-electron chi connectivity index (χ2n) is 6.90. The van der Waals surface area contributed by atoms with Crippen molar-refractivity contribution < 1.29 is 23.3 Å². The number of para-hydroxylation sites is 2.